The molecule has 8 aromatic carbocycles. The first-order chi connectivity index (χ1) is 24.8. The molecule has 0 unspecified atom stereocenters. The SMILES string of the molecule is c1ccc(-c2nc(-c3ccccc3)c3oc4cccc(-c5cccc(-n6c7cccc8c9ccccc9c9cccc6c9c87)c5)c4c3n2)cc1. The predicted octanol–water partition coefficient (Wildman–Crippen LogP) is 12.2. The molecule has 50 heavy (non-hydrogen) atoms. The van der Waals surface area contributed by atoms with Gasteiger partial charge in [0, 0.05) is 27.6 Å². The third-order valence-electron chi connectivity index (χ3n) is 10.2. The zero-order valence-electron chi connectivity index (χ0n) is 26.8. The summed E-state index contributed by atoms with van der Waals surface area (Å²) in [6.45, 7) is 0. The van der Waals surface area contributed by atoms with Gasteiger partial charge in [-0.25, -0.2) is 9.97 Å². The number of nitrogens with zero attached hydrogens (tertiary/aromatic N) is 3. The van der Waals surface area contributed by atoms with E-state index in [1.165, 1.54) is 43.4 Å². The molecule has 0 fully saturated rings. The van der Waals surface area contributed by atoms with Crippen LogP contribution in [-0.4, -0.2) is 14.5 Å². The van der Waals surface area contributed by atoms with Gasteiger partial charge in [-0.3, -0.25) is 0 Å². The summed E-state index contributed by atoms with van der Waals surface area (Å²) < 4.78 is 9.06. The minimum atomic E-state index is 0.673. The first kappa shape index (κ1) is 27.2. The second-order valence-corrected chi connectivity index (χ2v) is 12.9. The van der Waals surface area contributed by atoms with Gasteiger partial charge in [-0.1, -0.05) is 133 Å². The summed E-state index contributed by atoms with van der Waals surface area (Å²) >= 11 is 0. The van der Waals surface area contributed by atoms with E-state index >= 15 is 0 Å². The van der Waals surface area contributed by atoms with Crippen LogP contribution in [0.5, 0.6) is 0 Å². The molecular weight excluding hydrogens is 611 g/mol. The summed E-state index contributed by atoms with van der Waals surface area (Å²) in [5, 5.41) is 8.75. The van der Waals surface area contributed by atoms with E-state index in [2.05, 4.69) is 126 Å². The Bertz CT molecular complexity index is 3000. The van der Waals surface area contributed by atoms with Crippen molar-refractivity contribution < 1.29 is 4.42 Å². The van der Waals surface area contributed by atoms with Gasteiger partial charge in [0.1, 0.15) is 16.8 Å². The van der Waals surface area contributed by atoms with Gasteiger partial charge in [-0.05, 0) is 63.0 Å². The van der Waals surface area contributed by atoms with Gasteiger partial charge in [-0.2, -0.15) is 0 Å². The molecule has 0 spiro atoms. The molecule has 0 bridgehead atoms. The lowest BCUT2D eigenvalue weighted by Gasteiger charge is -2.11. The van der Waals surface area contributed by atoms with Crippen LogP contribution in [0.1, 0.15) is 0 Å². The van der Waals surface area contributed by atoms with Crippen LogP contribution >= 0.6 is 0 Å². The number of furan rings is 1. The Morgan fingerprint density at radius 1 is 0.440 bits per heavy atom. The molecular formula is C46H27N3O. The summed E-state index contributed by atoms with van der Waals surface area (Å²) in [7, 11) is 0. The van der Waals surface area contributed by atoms with Crippen molar-refractivity contribution in [2.75, 3.05) is 0 Å². The molecule has 0 atom stereocenters. The molecule has 11 rings (SSSR count). The lowest BCUT2D eigenvalue weighted by Crippen LogP contribution is -1.95. The Kier molecular flexibility index (Phi) is 5.63. The van der Waals surface area contributed by atoms with E-state index in [1.807, 2.05) is 42.5 Å². The second kappa shape index (κ2) is 10.4. The average molecular weight is 638 g/mol. The van der Waals surface area contributed by atoms with Crippen LogP contribution in [0, 0.1) is 0 Å². The van der Waals surface area contributed by atoms with Gasteiger partial charge in [-0.15, -0.1) is 0 Å². The zero-order valence-corrected chi connectivity index (χ0v) is 26.8. The molecule has 0 N–H and O–H groups in total. The second-order valence-electron chi connectivity index (χ2n) is 12.9. The lowest BCUT2D eigenvalue weighted by atomic mass is 9.95. The average Bonchev–Trinajstić information content (AvgIpc) is 3.74. The number of hydrogen-bond donors (Lipinski definition) is 0. The van der Waals surface area contributed by atoms with Crippen LogP contribution in [0.3, 0.4) is 0 Å². The Morgan fingerprint density at radius 3 is 1.72 bits per heavy atom. The van der Waals surface area contributed by atoms with E-state index in [0.717, 1.165) is 50.1 Å². The van der Waals surface area contributed by atoms with Crippen molar-refractivity contribution in [3.63, 3.8) is 0 Å². The number of hydrogen-bond acceptors (Lipinski definition) is 3. The van der Waals surface area contributed by atoms with Crippen LogP contribution < -0.4 is 0 Å². The van der Waals surface area contributed by atoms with Gasteiger partial charge in [0.15, 0.2) is 11.4 Å². The molecule has 3 heterocycles. The highest BCUT2D eigenvalue weighted by molar-refractivity contribution is 6.34. The molecule has 4 nitrogen and oxygen atoms in total. The molecule has 0 aliphatic carbocycles. The van der Waals surface area contributed by atoms with Crippen molar-refractivity contribution in [3.8, 4) is 39.5 Å². The van der Waals surface area contributed by atoms with Gasteiger partial charge in [0.25, 0.3) is 0 Å². The molecule has 11 aromatic rings. The summed E-state index contributed by atoms with van der Waals surface area (Å²) in [5.74, 6) is 0.673. The zero-order chi connectivity index (χ0) is 32.8. The standard InChI is InChI=1S/C46H27N3O/c1-3-13-28(14-4-1)43-45-44(48-46(47-43)29-15-5-2-6-16-29)42-32(21-12-26-39(42)50-45)30-17-9-18-31(27-30)49-37-24-10-22-35-33-19-7-8-20-34(33)36-23-11-25-38(49)41(36)40(35)37/h1-27H. The molecule has 0 radical (unpaired) electrons. The lowest BCUT2D eigenvalue weighted by molar-refractivity contribution is 0.667. The third kappa shape index (κ3) is 3.81. The van der Waals surface area contributed by atoms with E-state index in [9.17, 15) is 0 Å². The molecule has 0 aliphatic heterocycles. The predicted molar refractivity (Wildman–Crippen MR) is 206 cm³/mol. The topological polar surface area (TPSA) is 43.9 Å². The van der Waals surface area contributed by atoms with Crippen LogP contribution in [0.25, 0.3) is 105 Å². The number of aromatic nitrogens is 3. The molecule has 232 valence electrons. The van der Waals surface area contributed by atoms with Crippen molar-refractivity contribution in [1.29, 1.82) is 0 Å². The summed E-state index contributed by atoms with van der Waals surface area (Å²) in [4.78, 5) is 10.3. The Morgan fingerprint density at radius 2 is 1.02 bits per heavy atom. The summed E-state index contributed by atoms with van der Waals surface area (Å²) in [6.07, 6.45) is 0. The number of rotatable bonds is 4. The highest BCUT2D eigenvalue weighted by Crippen LogP contribution is 2.45. The fraction of sp³-hybridized carbons (Fsp3) is 0. The van der Waals surface area contributed by atoms with Crippen LogP contribution in [0.2, 0.25) is 0 Å². The van der Waals surface area contributed by atoms with E-state index < -0.39 is 0 Å². The Balaban J connectivity index is 1.18. The third-order valence-corrected chi connectivity index (χ3v) is 10.2. The summed E-state index contributed by atoms with van der Waals surface area (Å²) in [5.41, 5.74) is 10.7. The maximum Gasteiger partial charge on any atom is 0.180 e. The minimum absolute atomic E-state index is 0.673. The number of fused-ring (bicyclic) bond motifs is 6. The highest BCUT2D eigenvalue weighted by Gasteiger charge is 2.22. The maximum absolute atomic E-state index is 6.64. The van der Waals surface area contributed by atoms with Gasteiger partial charge < -0.3 is 8.98 Å². The van der Waals surface area contributed by atoms with Crippen molar-refractivity contribution in [2.24, 2.45) is 0 Å². The van der Waals surface area contributed by atoms with Crippen LogP contribution in [-0.2, 0) is 0 Å². The van der Waals surface area contributed by atoms with Gasteiger partial charge in [0.2, 0.25) is 0 Å². The monoisotopic (exact) mass is 637 g/mol. The molecule has 0 amide bonds. The molecule has 0 saturated heterocycles. The summed E-state index contributed by atoms with van der Waals surface area (Å²) in [6, 6.07) is 57.7. The van der Waals surface area contributed by atoms with Crippen molar-refractivity contribution in [2.45, 2.75) is 0 Å². The largest absolute Gasteiger partial charge is 0.452 e. The molecule has 3 aromatic heterocycles. The van der Waals surface area contributed by atoms with Crippen molar-refractivity contribution >= 4 is 65.4 Å². The fourth-order valence-corrected chi connectivity index (χ4v) is 8.04. The normalized spacial score (nSPS) is 12.0. The van der Waals surface area contributed by atoms with Crippen molar-refractivity contribution in [1.82, 2.24) is 14.5 Å². The van der Waals surface area contributed by atoms with Gasteiger partial charge in [0.05, 0.1) is 16.4 Å². The Labute approximate surface area is 286 Å². The van der Waals surface area contributed by atoms with Gasteiger partial charge >= 0.3 is 0 Å². The van der Waals surface area contributed by atoms with E-state index in [4.69, 9.17) is 14.4 Å². The van der Waals surface area contributed by atoms with E-state index in [1.54, 1.807) is 0 Å². The highest BCUT2D eigenvalue weighted by atomic mass is 16.3. The smallest absolute Gasteiger partial charge is 0.180 e. The number of benzene rings is 8. The Hall–Kier alpha value is -6.78. The van der Waals surface area contributed by atoms with Crippen LogP contribution in [0.15, 0.2) is 168 Å². The minimum Gasteiger partial charge on any atom is -0.452 e. The van der Waals surface area contributed by atoms with E-state index in [-0.39, 0.29) is 0 Å². The van der Waals surface area contributed by atoms with E-state index in [0.29, 0.717) is 11.4 Å². The molecule has 0 saturated carbocycles. The fourth-order valence-electron chi connectivity index (χ4n) is 8.04. The van der Waals surface area contributed by atoms with Crippen LogP contribution in [0.4, 0.5) is 0 Å². The maximum atomic E-state index is 6.64. The molecule has 0 aliphatic rings. The first-order valence-electron chi connectivity index (χ1n) is 16.9. The first-order valence-corrected chi connectivity index (χ1v) is 16.9. The quantitative estimate of drug-likeness (QED) is 0.180. The molecule has 4 heteroatoms. The van der Waals surface area contributed by atoms with Crippen molar-refractivity contribution in [3.05, 3.63) is 164 Å².